The summed E-state index contributed by atoms with van der Waals surface area (Å²) >= 11 is 0. The Morgan fingerprint density at radius 1 is 1.47 bits per heavy atom. The van der Waals surface area contributed by atoms with E-state index in [0.717, 1.165) is 6.54 Å². The van der Waals surface area contributed by atoms with E-state index in [9.17, 15) is 0 Å². The topological polar surface area (TPSA) is 99.1 Å². The van der Waals surface area contributed by atoms with Gasteiger partial charge in [0, 0.05) is 19.7 Å². The maximum atomic E-state index is 5.53. The lowest BCUT2D eigenvalue weighted by Gasteiger charge is -2.12. The van der Waals surface area contributed by atoms with Gasteiger partial charge in [-0.05, 0) is 5.92 Å². The van der Waals surface area contributed by atoms with Crippen LogP contribution in [-0.4, -0.2) is 30.2 Å². The van der Waals surface area contributed by atoms with Crippen LogP contribution in [0, 0.1) is 5.92 Å². The first-order valence-electron chi connectivity index (χ1n) is 4.74. The summed E-state index contributed by atoms with van der Waals surface area (Å²) in [4.78, 5) is 7.78. The zero-order chi connectivity index (χ0) is 11.3. The van der Waals surface area contributed by atoms with Crippen molar-refractivity contribution in [1.29, 1.82) is 0 Å². The Bertz CT molecular complexity index is 297. The van der Waals surface area contributed by atoms with E-state index in [4.69, 9.17) is 16.2 Å². The molecule has 1 heterocycles. The van der Waals surface area contributed by atoms with Crippen LogP contribution in [0.1, 0.15) is 6.92 Å². The number of nitrogens with two attached hydrogens (primary N) is 2. The van der Waals surface area contributed by atoms with Crippen LogP contribution in [0.4, 0.5) is 17.6 Å². The van der Waals surface area contributed by atoms with Crippen molar-refractivity contribution in [2.45, 2.75) is 6.92 Å². The first kappa shape index (κ1) is 11.5. The number of aromatic nitrogens is 2. The molecule has 0 saturated carbocycles. The number of hydrogen-bond donors (Lipinski definition) is 3. The van der Waals surface area contributed by atoms with Crippen LogP contribution in [-0.2, 0) is 4.74 Å². The Labute approximate surface area is 89.0 Å². The van der Waals surface area contributed by atoms with Gasteiger partial charge in [-0.15, -0.1) is 0 Å². The molecule has 0 bridgehead atoms. The molecule has 0 radical (unpaired) electrons. The van der Waals surface area contributed by atoms with E-state index in [1.54, 1.807) is 13.2 Å². The van der Waals surface area contributed by atoms with Crippen molar-refractivity contribution < 1.29 is 4.74 Å². The van der Waals surface area contributed by atoms with Crippen LogP contribution in [0.5, 0.6) is 0 Å². The quantitative estimate of drug-likeness (QED) is 0.649. The summed E-state index contributed by atoms with van der Waals surface area (Å²) in [5.41, 5.74) is 11.0. The Balaban J connectivity index is 2.50. The zero-order valence-corrected chi connectivity index (χ0v) is 9.03. The van der Waals surface area contributed by atoms with Gasteiger partial charge in [0.2, 0.25) is 5.95 Å². The lowest BCUT2D eigenvalue weighted by Crippen LogP contribution is -2.17. The molecule has 1 atom stereocenters. The summed E-state index contributed by atoms with van der Waals surface area (Å²) in [6.45, 7) is 3.52. The molecule has 5 N–H and O–H groups in total. The Hall–Kier alpha value is -1.56. The molecule has 15 heavy (non-hydrogen) atoms. The molecule has 0 spiro atoms. The molecular formula is C9H17N5O. The van der Waals surface area contributed by atoms with E-state index in [1.165, 1.54) is 0 Å². The number of methoxy groups -OCH3 is 1. The van der Waals surface area contributed by atoms with Gasteiger partial charge in [-0.1, -0.05) is 6.92 Å². The summed E-state index contributed by atoms with van der Waals surface area (Å²) in [6, 6.07) is 1.65. The van der Waals surface area contributed by atoms with Crippen LogP contribution in [0.2, 0.25) is 0 Å². The minimum Gasteiger partial charge on any atom is -0.384 e. The minimum atomic E-state index is 0.178. The fourth-order valence-corrected chi connectivity index (χ4v) is 1.20. The molecule has 1 rings (SSSR count). The second-order valence-corrected chi connectivity index (χ2v) is 3.48. The van der Waals surface area contributed by atoms with Crippen molar-refractivity contribution in [3.8, 4) is 0 Å². The van der Waals surface area contributed by atoms with E-state index in [1.807, 2.05) is 0 Å². The van der Waals surface area contributed by atoms with Crippen molar-refractivity contribution in [3.63, 3.8) is 0 Å². The first-order valence-corrected chi connectivity index (χ1v) is 4.74. The number of hydrogen-bond acceptors (Lipinski definition) is 6. The van der Waals surface area contributed by atoms with Crippen molar-refractivity contribution >= 4 is 17.6 Å². The first-order chi connectivity index (χ1) is 7.11. The molecule has 84 valence electrons. The van der Waals surface area contributed by atoms with Gasteiger partial charge < -0.3 is 21.5 Å². The number of nitrogen functional groups attached to an aromatic ring is 2. The third kappa shape index (κ3) is 3.99. The molecule has 0 aliphatic heterocycles. The SMILES string of the molecule is COCC(C)CNc1cc(N)nc(N)n1. The van der Waals surface area contributed by atoms with E-state index in [2.05, 4.69) is 22.2 Å². The summed E-state index contributed by atoms with van der Waals surface area (Å²) in [5, 5.41) is 3.12. The largest absolute Gasteiger partial charge is 0.384 e. The molecule has 0 aromatic carbocycles. The predicted octanol–water partition coefficient (Wildman–Crippen LogP) is 0.335. The Kier molecular flexibility index (Phi) is 4.11. The molecule has 0 aliphatic carbocycles. The molecule has 1 unspecified atom stereocenters. The number of nitrogens with one attached hydrogen (secondary N) is 1. The fourth-order valence-electron chi connectivity index (χ4n) is 1.20. The van der Waals surface area contributed by atoms with Crippen molar-refractivity contribution in [2.75, 3.05) is 37.0 Å². The summed E-state index contributed by atoms with van der Waals surface area (Å²) in [6.07, 6.45) is 0. The molecule has 0 saturated heterocycles. The summed E-state index contributed by atoms with van der Waals surface area (Å²) in [7, 11) is 1.68. The van der Waals surface area contributed by atoms with Crippen molar-refractivity contribution in [2.24, 2.45) is 5.92 Å². The van der Waals surface area contributed by atoms with Gasteiger partial charge in [0.25, 0.3) is 0 Å². The van der Waals surface area contributed by atoms with Crippen molar-refractivity contribution in [1.82, 2.24) is 9.97 Å². The third-order valence-electron chi connectivity index (χ3n) is 1.85. The third-order valence-corrected chi connectivity index (χ3v) is 1.85. The summed E-state index contributed by atoms with van der Waals surface area (Å²) in [5.74, 6) is 1.58. The highest BCUT2D eigenvalue weighted by atomic mass is 16.5. The van der Waals surface area contributed by atoms with Gasteiger partial charge in [-0.3, -0.25) is 0 Å². The fraction of sp³-hybridized carbons (Fsp3) is 0.556. The van der Waals surface area contributed by atoms with Gasteiger partial charge in [0.1, 0.15) is 11.6 Å². The molecule has 6 nitrogen and oxygen atoms in total. The average Bonchev–Trinajstić information content (AvgIpc) is 2.14. The molecule has 0 aliphatic rings. The number of anilines is 3. The monoisotopic (exact) mass is 211 g/mol. The molecular weight excluding hydrogens is 194 g/mol. The van der Waals surface area contributed by atoms with Gasteiger partial charge in [0.05, 0.1) is 6.61 Å². The van der Waals surface area contributed by atoms with Crippen molar-refractivity contribution in [3.05, 3.63) is 6.07 Å². The van der Waals surface area contributed by atoms with E-state index >= 15 is 0 Å². The Morgan fingerprint density at radius 3 is 2.80 bits per heavy atom. The average molecular weight is 211 g/mol. The predicted molar refractivity (Wildman–Crippen MR) is 60.4 cm³/mol. The van der Waals surface area contributed by atoms with Gasteiger partial charge in [-0.25, -0.2) is 0 Å². The van der Waals surface area contributed by atoms with Gasteiger partial charge in [-0.2, -0.15) is 9.97 Å². The zero-order valence-electron chi connectivity index (χ0n) is 9.03. The number of rotatable bonds is 5. The molecule has 1 aromatic heterocycles. The van der Waals surface area contributed by atoms with Crippen LogP contribution in [0.15, 0.2) is 6.07 Å². The van der Waals surface area contributed by atoms with Gasteiger partial charge >= 0.3 is 0 Å². The van der Waals surface area contributed by atoms with E-state index < -0.39 is 0 Å². The van der Waals surface area contributed by atoms with Crippen LogP contribution >= 0.6 is 0 Å². The standard InChI is InChI=1S/C9H17N5O/c1-6(5-15-2)4-12-8-3-7(10)13-9(11)14-8/h3,6H,4-5H2,1-2H3,(H5,10,11,12,13,14). The number of nitrogens with zero attached hydrogens (tertiary/aromatic N) is 2. The highest BCUT2D eigenvalue weighted by Gasteiger charge is 2.03. The lowest BCUT2D eigenvalue weighted by molar-refractivity contribution is 0.164. The normalized spacial score (nSPS) is 12.4. The maximum absolute atomic E-state index is 5.53. The van der Waals surface area contributed by atoms with E-state index in [-0.39, 0.29) is 5.95 Å². The molecule has 6 heteroatoms. The number of ether oxygens (including phenoxy) is 1. The highest BCUT2D eigenvalue weighted by molar-refractivity contribution is 5.48. The second kappa shape index (κ2) is 5.35. The summed E-state index contributed by atoms with van der Waals surface area (Å²) < 4.78 is 5.02. The molecule has 0 fully saturated rings. The van der Waals surface area contributed by atoms with Gasteiger partial charge in [0.15, 0.2) is 0 Å². The van der Waals surface area contributed by atoms with Crippen LogP contribution < -0.4 is 16.8 Å². The lowest BCUT2D eigenvalue weighted by atomic mass is 10.2. The van der Waals surface area contributed by atoms with Crippen LogP contribution in [0.25, 0.3) is 0 Å². The van der Waals surface area contributed by atoms with Crippen LogP contribution in [0.3, 0.4) is 0 Å². The van der Waals surface area contributed by atoms with E-state index in [0.29, 0.717) is 24.2 Å². The highest BCUT2D eigenvalue weighted by Crippen LogP contribution is 2.09. The second-order valence-electron chi connectivity index (χ2n) is 3.48. The smallest absolute Gasteiger partial charge is 0.223 e. The minimum absolute atomic E-state index is 0.178. The Morgan fingerprint density at radius 2 is 2.20 bits per heavy atom. The maximum Gasteiger partial charge on any atom is 0.223 e. The molecule has 1 aromatic rings. The molecule has 0 amide bonds.